The van der Waals surface area contributed by atoms with E-state index >= 15 is 0 Å². The van der Waals surface area contributed by atoms with Crippen molar-refractivity contribution in [3.63, 3.8) is 0 Å². The van der Waals surface area contributed by atoms with Gasteiger partial charge in [0, 0.05) is 46.3 Å². The molecule has 1 atom stereocenters. The molecular formula is C20H35IN4O. The standard InChI is InChI=1S/C20H34N4O.HI/c1-16(2)19(24-10-12-25-13-11-24)14-22-20(21-4)23(5)15-18-8-6-17(3)7-9-18;/h6-9,16,19H,10-15H2,1-5H3,(H,21,22);1H. The van der Waals surface area contributed by atoms with Gasteiger partial charge in [-0.15, -0.1) is 24.0 Å². The molecule has 26 heavy (non-hydrogen) atoms. The smallest absolute Gasteiger partial charge is 0.193 e. The summed E-state index contributed by atoms with van der Waals surface area (Å²) in [6.07, 6.45) is 0. The van der Waals surface area contributed by atoms with Crippen LogP contribution in [0.2, 0.25) is 0 Å². The van der Waals surface area contributed by atoms with Crippen LogP contribution in [-0.2, 0) is 11.3 Å². The second kappa shape index (κ2) is 11.8. The van der Waals surface area contributed by atoms with Crippen molar-refractivity contribution in [1.29, 1.82) is 0 Å². The fraction of sp³-hybridized carbons (Fsp3) is 0.650. The predicted molar refractivity (Wildman–Crippen MR) is 120 cm³/mol. The van der Waals surface area contributed by atoms with Crippen molar-refractivity contribution < 1.29 is 4.74 Å². The van der Waals surface area contributed by atoms with Crippen LogP contribution >= 0.6 is 24.0 Å². The Labute approximate surface area is 176 Å². The molecule has 0 saturated carbocycles. The molecule has 0 spiro atoms. The van der Waals surface area contributed by atoms with Crippen LogP contribution in [0.15, 0.2) is 29.3 Å². The lowest BCUT2D eigenvalue weighted by atomic mass is 10.0. The monoisotopic (exact) mass is 474 g/mol. The highest BCUT2D eigenvalue weighted by Crippen LogP contribution is 2.12. The second-order valence-electron chi connectivity index (χ2n) is 7.23. The average molecular weight is 474 g/mol. The highest BCUT2D eigenvalue weighted by Gasteiger charge is 2.24. The van der Waals surface area contributed by atoms with Gasteiger partial charge >= 0.3 is 0 Å². The van der Waals surface area contributed by atoms with E-state index in [4.69, 9.17) is 4.74 Å². The molecule has 1 unspecified atom stereocenters. The minimum Gasteiger partial charge on any atom is -0.379 e. The van der Waals surface area contributed by atoms with Gasteiger partial charge in [0.2, 0.25) is 0 Å². The van der Waals surface area contributed by atoms with Crippen LogP contribution in [0.4, 0.5) is 0 Å². The summed E-state index contributed by atoms with van der Waals surface area (Å²) in [6.45, 7) is 12.2. The molecule has 148 valence electrons. The summed E-state index contributed by atoms with van der Waals surface area (Å²) in [6, 6.07) is 9.18. The normalized spacial score (nSPS) is 16.9. The van der Waals surface area contributed by atoms with Gasteiger partial charge in [0.05, 0.1) is 13.2 Å². The van der Waals surface area contributed by atoms with Crippen molar-refractivity contribution in [2.24, 2.45) is 10.9 Å². The van der Waals surface area contributed by atoms with Gasteiger partial charge in [0.1, 0.15) is 0 Å². The van der Waals surface area contributed by atoms with Crippen LogP contribution in [0, 0.1) is 12.8 Å². The number of guanidine groups is 1. The van der Waals surface area contributed by atoms with Crippen LogP contribution < -0.4 is 5.32 Å². The van der Waals surface area contributed by atoms with E-state index in [-0.39, 0.29) is 24.0 Å². The summed E-state index contributed by atoms with van der Waals surface area (Å²) in [5.74, 6) is 1.53. The summed E-state index contributed by atoms with van der Waals surface area (Å²) in [4.78, 5) is 9.18. The van der Waals surface area contributed by atoms with E-state index in [1.54, 1.807) is 0 Å². The molecule has 1 aromatic rings. The van der Waals surface area contributed by atoms with E-state index in [9.17, 15) is 0 Å². The maximum atomic E-state index is 5.50. The zero-order chi connectivity index (χ0) is 18.2. The molecule has 0 amide bonds. The van der Waals surface area contributed by atoms with Crippen molar-refractivity contribution in [3.05, 3.63) is 35.4 Å². The Hall–Kier alpha value is -0.860. The van der Waals surface area contributed by atoms with Crippen LogP contribution in [0.1, 0.15) is 25.0 Å². The molecule has 0 aliphatic carbocycles. The first-order valence-electron chi connectivity index (χ1n) is 9.30. The van der Waals surface area contributed by atoms with Gasteiger partial charge in [0.25, 0.3) is 0 Å². The van der Waals surface area contributed by atoms with Gasteiger partial charge in [-0.2, -0.15) is 0 Å². The van der Waals surface area contributed by atoms with E-state index in [1.165, 1.54) is 11.1 Å². The summed E-state index contributed by atoms with van der Waals surface area (Å²) in [5.41, 5.74) is 2.59. The molecule has 0 bridgehead atoms. The van der Waals surface area contributed by atoms with Crippen molar-refractivity contribution in [1.82, 2.24) is 15.1 Å². The molecule has 1 heterocycles. The Bertz CT molecular complexity index is 541. The fourth-order valence-electron chi connectivity index (χ4n) is 3.32. The van der Waals surface area contributed by atoms with Crippen molar-refractivity contribution in [2.45, 2.75) is 33.4 Å². The number of hydrogen-bond donors (Lipinski definition) is 1. The molecule has 1 saturated heterocycles. The Morgan fingerprint density at radius 3 is 2.38 bits per heavy atom. The van der Waals surface area contributed by atoms with Crippen molar-refractivity contribution >= 4 is 29.9 Å². The molecule has 1 aliphatic heterocycles. The number of nitrogens with one attached hydrogen (secondary N) is 1. The van der Waals surface area contributed by atoms with Gasteiger partial charge < -0.3 is 15.0 Å². The molecule has 2 rings (SSSR count). The van der Waals surface area contributed by atoms with Gasteiger partial charge in [-0.3, -0.25) is 9.89 Å². The first-order valence-corrected chi connectivity index (χ1v) is 9.30. The SMILES string of the molecule is CN=C(NCC(C(C)C)N1CCOCC1)N(C)Cc1ccc(C)cc1.I. The summed E-state index contributed by atoms with van der Waals surface area (Å²) >= 11 is 0. The molecule has 1 aliphatic rings. The number of nitrogens with zero attached hydrogens (tertiary/aromatic N) is 3. The number of benzene rings is 1. The maximum absolute atomic E-state index is 5.50. The van der Waals surface area contributed by atoms with Gasteiger partial charge in [-0.25, -0.2) is 0 Å². The molecule has 5 nitrogen and oxygen atoms in total. The molecule has 6 heteroatoms. The van der Waals surface area contributed by atoms with Gasteiger partial charge in [0.15, 0.2) is 5.96 Å². The van der Waals surface area contributed by atoms with Crippen LogP contribution in [0.25, 0.3) is 0 Å². The Morgan fingerprint density at radius 2 is 1.85 bits per heavy atom. The minimum atomic E-state index is 0. The third-order valence-corrected chi connectivity index (χ3v) is 4.87. The van der Waals surface area contributed by atoms with Gasteiger partial charge in [-0.1, -0.05) is 43.7 Å². The molecular weight excluding hydrogens is 439 g/mol. The van der Waals surface area contributed by atoms with Gasteiger partial charge in [-0.05, 0) is 18.4 Å². The lowest BCUT2D eigenvalue weighted by Crippen LogP contribution is -2.52. The largest absolute Gasteiger partial charge is 0.379 e. The Kier molecular flexibility index (Phi) is 10.5. The van der Waals surface area contributed by atoms with Crippen molar-refractivity contribution in [3.8, 4) is 0 Å². The summed E-state index contributed by atoms with van der Waals surface area (Å²) in [5, 5.41) is 3.57. The highest BCUT2D eigenvalue weighted by atomic mass is 127. The molecule has 0 radical (unpaired) electrons. The fourth-order valence-corrected chi connectivity index (χ4v) is 3.32. The number of hydrogen-bond acceptors (Lipinski definition) is 3. The van der Waals surface area contributed by atoms with E-state index < -0.39 is 0 Å². The zero-order valence-corrected chi connectivity index (χ0v) is 19.2. The molecule has 0 aromatic heterocycles. The lowest BCUT2D eigenvalue weighted by molar-refractivity contribution is 0.00741. The third kappa shape index (κ3) is 7.04. The van der Waals surface area contributed by atoms with Crippen LogP contribution in [0.5, 0.6) is 0 Å². The minimum absolute atomic E-state index is 0. The van der Waals surface area contributed by atoms with E-state index in [0.717, 1.165) is 45.4 Å². The third-order valence-electron chi connectivity index (χ3n) is 4.87. The predicted octanol–water partition coefficient (Wildman–Crippen LogP) is 2.98. The van der Waals surface area contributed by atoms with E-state index in [0.29, 0.717) is 12.0 Å². The molecule has 1 fully saturated rings. The Morgan fingerprint density at radius 1 is 1.23 bits per heavy atom. The first kappa shape index (κ1) is 23.2. The Balaban J connectivity index is 0.00000338. The van der Waals surface area contributed by atoms with Crippen LogP contribution in [-0.4, -0.2) is 68.7 Å². The molecule has 1 N–H and O–H groups in total. The number of rotatable bonds is 6. The number of aryl methyl sites for hydroxylation is 1. The van der Waals surface area contributed by atoms with Crippen LogP contribution in [0.3, 0.4) is 0 Å². The average Bonchev–Trinajstić information content (AvgIpc) is 2.61. The van der Waals surface area contributed by atoms with Crippen molar-refractivity contribution in [2.75, 3.05) is 46.9 Å². The number of ether oxygens (including phenoxy) is 1. The highest BCUT2D eigenvalue weighted by molar-refractivity contribution is 14.0. The summed E-state index contributed by atoms with van der Waals surface area (Å²) in [7, 11) is 3.95. The number of morpholine rings is 1. The number of halogens is 1. The number of aliphatic imine (C=N–C) groups is 1. The second-order valence-corrected chi connectivity index (χ2v) is 7.23. The van der Waals surface area contributed by atoms with E-state index in [1.807, 2.05) is 7.05 Å². The lowest BCUT2D eigenvalue weighted by Gasteiger charge is -2.37. The summed E-state index contributed by atoms with van der Waals surface area (Å²) < 4.78 is 5.50. The molecule has 1 aromatic carbocycles. The quantitative estimate of drug-likeness (QED) is 0.391. The maximum Gasteiger partial charge on any atom is 0.193 e. The topological polar surface area (TPSA) is 40.1 Å². The van der Waals surface area contributed by atoms with E-state index in [2.05, 4.69) is 72.2 Å². The first-order chi connectivity index (χ1) is 12.0. The zero-order valence-electron chi connectivity index (χ0n) is 16.9.